The van der Waals surface area contributed by atoms with Crippen molar-refractivity contribution in [3.63, 3.8) is 0 Å². The summed E-state index contributed by atoms with van der Waals surface area (Å²) < 4.78 is 44.0. The van der Waals surface area contributed by atoms with Gasteiger partial charge in [-0.15, -0.1) is 0 Å². The van der Waals surface area contributed by atoms with Gasteiger partial charge in [-0.2, -0.15) is 0 Å². The van der Waals surface area contributed by atoms with Crippen LogP contribution in [0.15, 0.2) is 40.4 Å². The fraction of sp³-hybridized carbons (Fsp3) is 0.238. The Hall–Kier alpha value is -3.93. The highest BCUT2D eigenvalue weighted by Crippen LogP contribution is 2.32. The molecule has 2 aliphatic heterocycles. The number of anilines is 1. The number of aromatic nitrogens is 2. The second kappa shape index (κ2) is 7.59. The van der Waals surface area contributed by atoms with E-state index in [4.69, 9.17) is 4.84 Å². The third kappa shape index (κ3) is 3.30. The van der Waals surface area contributed by atoms with Crippen LogP contribution in [0.2, 0.25) is 0 Å². The minimum Gasteiger partial charge on any atom is -0.477 e. The minimum atomic E-state index is -1.59. The van der Waals surface area contributed by atoms with Gasteiger partial charge in [0.05, 0.1) is 35.9 Å². The molecule has 170 valence electrons. The number of pyridine rings is 2. The molecule has 2 N–H and O–H groups in total. The predicted octanol–water partition coefficient (Wildman–Crippen LogP) is 1.68. The number of fused-ring (bicyclic) bond motifs is 2. The van der Waals surface area contributed by atoms with E-state index in [0.717, 1.165) is 29.0 Å². The highest BCUT2D eigenvalue weighted by Gasteiger charge is 2.43. The van der Waals surface area contributed by atoms with Crippen LogP contribution < -0.4 is 10.3 Å². The molecule has 1 saturated heterocycles. The normalized spacial score (nSPS) is 19.5. The molecule has 33 heavy (non-hydrogen) atoms. The van der Waals surface area contributed by atoms with E-state index in [1.807, 2.05) is 0 Å². The van der Waals surface area contributed by atoms with Crippen LogP contribution in [-0.2, 0) is 4.84 Å². The number of rotatable bonds is 4. The maximum absolute atomic E-state index is 15.1. The highest BCUT2D eigenvalue weighted by atomic mass is 19.1. The zero-order chi connectivity index (χ0) is 23.4. The van der Waals surface area contributed by atoms with E-state index in [1.54, 1.807) is 0 Å². The molecule has 0 spiro atoms. The molecule has 0 saturated carbocycles. The number of benzene rings is 1. The van der Waals surface area contributed by atoms with E-state index in [-0.39, 0.29) is 48.2 Å². The molecule has 2 unspecified atom stereocenters. The molecule has 0 radical (unpaired) electrons. The summed E-state index contributed by atoms with van der Waals surface area (Å²) in [5, 5.41) is 22.2. The standard InChI is InChI=1S/C21H15F3N4O5/c22-9-1-2-16(13(23)3-9)28-6-12(21(31)32)18(30)10-4-14(24)20(25-19(10)28)27-5-11-15(8-29)26-33-17(11)7-27/h1-4,6,11,17,29H,5,7-8H2,(H,31,32). The number of aliphatic hydroxyl groups excluding tert-OH is 1. The van der Waals surface area contributed by atoms with Crippen molar-refractivity contribution < 1.29 is 33.0 Å². The van der Waals surface area contributed by atoms with E-state index in [2.05, 4.69) is 10.1 Å². The van der Waals surface area contributed by atoms with E-state index in [1.165, 1.54) is 4.90 Å². The largest absolute Gasteiger partial charge is 0.477 e. The Morgan fingerprint density at radius 2 is 1.97 bits per heavy atom. The molecule has 4 heterocycles. The van der Waals surface area contributed by atoms with Crippen LogP contribution in [0.5, 0.6) is 0 Å². The second-order valence-electron chi connectivity index (χ2n) is 7.70. The molecular formula is C21H15F3N4O5. The van der Waals surface area contributed by atoms with Crippen molar-refractivity contribution in [1.82, 2.24) is 9.55 Å². The number of halogens is 3. The van der Waals surface area contributed by atoms with Gasteiger partial charge in [0, 0.05) is 18.8 Å². The molecule has 5 rings (SSSR count). The molecule has 0 amide bonds. The number of nitrogens with zero attached hydrogens (tertiary/aromatic N) is 4. The van der Waals surface area contributed by atoms with Crippen molar-refractivity contribution in [2.45, 2.75) is 6.10 Å². The van der Waals surface area contributed by atoms with Gasteiger partial charge >= 0.3 is 5.97 Å². The van der Waals surface area contributed by atoms with Crippen LogP contribution >= 0.6 is 0 Å². The average molecular weight is 460 g/mol. The summed E-state index contributed by atoms with van der Waals surface area (Å²) in [6.07, 6.45) is 0.450. The molecule has 12 heteroatoms. The third-order valence-electron chi connectivity index (χ3n) is 5.77. The quantitative estimate of drug-likeness (QED) is 0.609. The Morgan fingerprint density at radius 1 is 1.18 bits per heavy atom. The lowest BCUT2D eigenvalue weighted by Crippen LogP contribution is -2.27. The highest BCUT2D eigenvalue weighted by molar-refractivity contribution is 5.93. The molecule has 2 aromatic heterocycles. The van der Waals surface area contributed by atoms with Crippen LogP contribution in [0.4, 0.5) is 19.0 Å². The summed E-state index contributed by atoms with van der Waals surface area (Å²) in [6.45, 7) is 0.0985. The Kier molecular flexibility index (Phi) is 4.81. The van der Waals surface area contributed by atoms with Gasteiger partial charge in [-0.25, -0.2) is 22.9 Å². The van der Waals surface area contributed by atoms with Crippen molar-refractivity contribution in [2.24, 2.45) is 11.1 Å². The van der Waals surface area contributed by atoms with Gasteiger partial charge in [0.2, 0.25) is 5.43 Å². The molecule has 0 aliphatic carbocycles. The van der Waals surface area contributed by atoms with Crippen LogP contribution in [0.1, 0.15) is 10.4 Å². The van der Waals surface area contributed by atoms with Gasteiger partial charge in [0.15, 0.2) is 23.4 Å². The first-order chi connectivity index (χ1) is 15.8. The number of hydrogen-bond acceptors (Lipinski definition) is 7. The van der Waals surface area contributed by atoms with Crippen molar-refractivity contribution in [2.75, 3.05) is 24.6 Å². The Morgan fingerprint density at radius 3 is 2.67 bits per heavy atom. The van der Waals surface area contributed by atoms with Gasteiger partial charge in [0.1, 0.15) is 17.2 Å². The van der Waals surface area contributed by atoms with Crippen molar-refractivity contribution in [3.05, 3.63) is 63.7 Å². The van der Waals surface area contributed by atoms with Crippen molar-refractivity contribution in [3.8, 4) is 5.69 Å². The minimum absolute atomic E-state index is 0.170. The van der Waals surface area contributed by atoms with Gasteiger partial charge in [-0.1, -0.05) is 5.16 Å². The summed E-state index contributed by atoms with van der Waals surface area (Å²) in [5.41, 5.74) is -1.79. The molecule has 3 aromatic rings. The first-order valence-corrected chi connectivity index (χ1v) is 9.81. The summed E-state index contributed by atoms with van der Waals surface area (Å²) in [7, 11) is 0. The van der Waals surface area contributed by atoms with E-state index in [0.29, 0.717) is 11.8 Å². The first-order valence-electron chi connectivity index (χ1n) is 9.81. The lowest BCUT2D eigenvalue weighted by atomic mass is 10.0. The Labute approximate surface area is 182 Å². The predicted molar refractivity (Wildman–Crippen MR) is 109 cm³/mol. The topological polar surface area (TPSA) is 117 Å². The van der Waals surface area contributed by atoms with Crippen LogP contribution in [0.3, 0.4) is 0 Å². The average Bonchev–Trinajstić information content (AvgIpc) is 3.35. The summed E-state index contributed by atoms with van der Waals surface area (Å²) in [5.74, 6) is -4.82. The van der Waals surface area contributed by atoms with Crippen LogP contribution in [0.25, 0.3) is 16.7 Å². The SMILES string of the molecule is O=C(O)c1cn(-c2ccc(F)cc2F)c2nc(N3CC4ON=C(CO)C4C3)c(F)cc2c1=O. The number of carbonyl (C=O) groups is 1. The fourth-order valence-electron chi connectivity index (χ4n) is 4.17. The summed E-state index contributed by atoms with van der Waals surface area (Å²) in [4.78, 5) is 35.3. The molecular weight excluding hydrogens is 445 g/mol. The maximum atomic E-state index is 15.1. The van der Waals surface area contributed by atoms with Gasteiger partial charge in [-0.3, -0.25) is 9.36 Å². The van der Waals surface area contributed by atoms with Gasteiger partial charge < -0.3 is 20.0 Å². The Bertz CT molecular complexity index is 1410. The first kappa shape index (κ1) is 20.9. The number of hydrogen-bond donors (Lipinski definition) is 2. The molecule has 2 aliphatic rings. The number of oxime groups is 1. The summed E-state index contributed by atoms with van der Waals surface area (Å²) >= 11 is 0. The number of carboxylic acid groups (broad SMARTS) is 1. The maximum Gasteiger partial charge on any atom is 0.341 e. The van der Waals surface area contributed by atoms with Gasteiger partial charge in [0.25, 0.3) is 0 Å². The number of aromatic carboxylic acids is 1. The van der Waals surface area contributed by atoms with E-state index >= 15 is 4.39 Å². The zero-order valence-corrected chi connectivity index (χ0v) is 16.7. The number of carboxylic acids is 1. The van der Waals surface area contributed by atoms with Gasteiger partial charge in [-0.05, 0) is 18.2 Å². The lowest BCUT2D eigenvalue weighted by molar-refractivity contribution is 0.0695. The molecule has 1 aromatic carbocycles. The molecule has 0 bridgehead atoms. The zero-order valence-electron chi connectivity index (χ0n) is 16.7. The van der Waals surface area contributed by atoms with Crippen molar-refractivity contribution in [1.29, 1.82) is 0 Å². The molecule has 9 nitrogen and oxygen atoms in total. The van der Waals surface area contributed by atoms with E-state index in [9.17, 15) is 28.6 Å². The van der Waals surface area contributed by atoms with Crippen molar-refractivity contribution >= 4 is 28.5 Å². The Balaban J connectivity index is 1.71. The molecule has 2 atom stereocenters. The van der Waals surface area contributed by atoms with Crippen LogP contribution in [-0.4, -0.2) is 57.2 Å². The monoisotopic (exact) mass is 460 g/mol. The van der Waals surface area contributed by atoms with Crippen LogP contribution in [0, 0.1) is 23.4 Å². The third-order valence-corrected chi connectivity index (χ3v) is 5.77. The smallest absolute Gasteiger partial charge is 0.341 e. The second-order valence-corrected chi connectivity index (χ2v) is 7.70. The summed E-state index contributed by atoms with van der Waals surface area (Å²) in [6, 6.07) is 3.46. The number of aliphatic hydroxyl groups is 1. The lowest BCUT2D eigenvalue weighted by Gasteiger charge is -2.20. The molecule has 1 fully saturated rings. The fourth-order valence-corrected chi connectivity index (χ4v) is 4.17. The van der Waals surface area contributed by atoms with E-state index < -0.39 is 40.5 Å².